The maximum absolute atomic E-state index is 13.4. The molecule has 0 bridgehead atoms. The van der Waals surface area contributed by atoms with Crippen LogP contribution in [0.15, 0.2) is 42.5 Å². The van der Waals surface area contributed by atoms with E-state index in [2.05, 4.69) is 20.8 Å². The molecule has 0 aliphatic carbocycles. The van der Waals surface area contributed by atoms with Crippen molar-refractivity contribution < 1.29 is 13.2 Å². The molecular formula is C20H23F3. The minimum atomic E-state index is -4.32. The predicted octanol–water partition coefficient (Wildman–Crippen LogP) is 6.16. The van der Waals surface area contributed by atoms with E-state index < -0.39 is 11.7 Å². The zero-order chi connectivity index (χ0) is 17.3. The van der Waals surface area contributed by atoms with Gasteiger partial charge in [0.25, 0.3) is 0 Å². The van der Waals surface area contributed by atoms with Crippen molar-refractivity contribution >= 4 is 0 Å². The van der Waals surface area contributed by atoms with Gasteiger partial charge in [-0.15, -0.1) is 0 Å². The normalized spacial score (nSPS) is 12.5. The van der Waals surface area contributed by atoms with Crippen LogP contribution in [0.25, 0.3) is 0 Å². The van der Waals surface area contributed by atoms with Crippen LogP contribution in [0, 0.1) is 0 Å². The van der Waals surface area contributed by atoms with E-state index in [0.29, 0.717) is 24.0 Å². The van der Waals surface area contributed by atoms with Gasteiger partial charge in [-0.1, -0.05) is 64.1 Å². The summed E-state index contributed by atoms with van der Waals surface area (Å²) in [7, 11) is 0. The van der Waals surface area contributed by atoms with E-state index in [4.69, 9.17) is 0 Å². The van der Waals surface area contributed by atoms with E-state index in [1.807, 2.05) is 31.2 Å². The number of hydrogen-bond donors (Lipinski definition) is 0. The van der Waals surface area contributed by atoms with Crippen molar-refractivity contribution in [2.75, 3.05) is 0 Å². The van der Waals surface area contributed by atoms with Gasteiger partial charge in [0.05, 0.1) is 5.56 Å². The molecule has 0 fully saturated rings. The number of alkyl halides is 3. The maximum atomic E-state index is 13.4. The summed E-state index contributed by atoms with van der Waals surface area (Å²) in [5, 5.41) is 0. The van der Waals surface area contributed by atoms with Crippen molar-refractivity contribution in [3.05, 3.63) is 70.3 Å². The quantitative estimate of drug-likeness (QED) is 0.635. The monoisotopic (exact) mass is 320 g/mol. The Hall–Kier alpha value is -1.77. The van der Waals surface area contributed by atoms with E-state index in [1.54, 1.807) is 12.1 Å². The van der Waals surface area contributed by atoms with Crippen LogP contribution in [0.4, 0.5) is 13.2 Å². The minimum Gasteiger partial charge on any atom is -0.166 e. The lowest BCUT2D eigenvalue weighted by Crippen LogP contribution is -2.16. The second kappa shape index (κ2) is 6.38. The molecule has 0 N–H and O–H groups in total. The summed E-state index contributed by atoms with van der Waals surface area (Å²) in [5.41, 5.74) is 2.48. The third kappa shape index (κ3) is 4.15. The summed E-state index contributed by atoms with van der Waals surface area (Å²) in [6.45, 7) is 8.11. The molecule has 0 spiro atoms. The van der Waals surface area contributed by atoms with Gasteiger partial charge >= 0.3 is 6.18 Å². The summed E-state index contributed by atoms with van der Waals surface area (Å²) in [6.07, 6.45) is -3.43. The molecule has 0 nitrogen and oxygen atoms in total. The van der Waals surface area contributed by atoms with Gasteiger partial charge in [-0.2, -0.15) is 13.2 Å². The fraction of sp³-hybridized carbons (Fsp3) is 0.400. The second-order valence-electron chi connectivity index (χ2n) is 6.93. The van der Waals surface area contributed by atoms with Crippen molar-refractivity contribution in [2.24, 2.45) is 0 Å². The van der Waals surface area contributed by atoms with Crippen molar-refractivity contribution in [3.63, 3.8) is 0 Å². The highest BCUT2D eigenvalue weighted by atomic mass is 19.4. The van der Waals surface area contributed by atoms with Gasteiger partial charge in [-0.25, -0.2) is 0 Å². The molecule has 2 aromatic carbocycles. The molecule has 3 heteroatoms. The number of aryl methyl sites for hydroxylation is 1. The van der Waals surface area contributed by atoms with Crippen molar-refractivity contribution in [1.82, 2.24) is 0 Å². The van der Waals surface area contributed by atoms with Crippen LogP contribution in [-0.4, -0.2) is 0 Å². The molecule has 2 aromatic rings. The Morgan fingerprint density at radius 1 is 0.826 bits per heavy atom. The molecule has 2 rings (SSSR count). The van der Waals surface area contributed by atoms with Crippen LogP contribution in [0.2, 0.25) is 0 Å². The molecule has 0 aromatic heterocycles. The SMILES string of the molecule is CCc1ccc(Cc2ccccc2C(C)(C)C)c(C(F)(F)F)c1. The highest BCUT2D eigenvalue weighted by molar-refractivity contribution is 5.41. The zero-order valence-corrected chi connectivity index (χ0v) is 14.1. The van der Waals surface area contributed by atoms with E-state index in [9.17, 15) is 13.2 Å². The third-order valence-electron chi connectivity index (χ3n) is 4.09. The molecule has 124 valence electrons. The number of benzene rings is 2. The molecule has 0 aliphatic rings. The molecule has 0 atom stereocenters. The van der Waals surface area contributed by atoms with Gasteiger partial charge in [-0.3, -0.25) is 0 Å². The Balaban J connectivity index is 2.50. The lowest BCUT2D eigenvalue weighted by Gasteiger charge is -2.24. The van der Waals surface area contributed by atoms with Gasteiger partial charge < -0.3 is 0 Å². The van der Waals surface area contributed by atoms with Gasteiger partial charge in [0.15, 0.2) is 0 Å². The minimum absolute atomic E-state index is 0.0989. The first-order valence-electron chi connectivity index (χ1n) is 7.90. The van der Waals surface area contributed by atoms with E-state index >= 15 is 0 Å². The second-order valence-corrected chi connectivity index (χ2v) is 6.93. The van der Waals surface area contributed by atoms with Gasteiger partial charge in [0.1, 0.15) is 0 Å². The zero-order valence-electron chi connectivity index (χ0n) is 14.1. The lowest BCUT2D eigenvalue weighted by molar-refractivity contribution is -0.138. The van der Waals surface area contributed by atoms with Crippen LogP contribution < -0.4 is 0 Å². The standard InChI is InChI=1S/C20H23F3/c1-5-14-10-11-16(18(12-14)20(21,22)23)13-15-8-6-7-9-17(15)19(2,3)4/h6-12H,5,13H2,1-4H3. The molecule has 23 heavy (non-hydrogen) atoms. The first-order chi connectivity index (χ1) is 10.6. The first kappa shape index (κ1) is 17.6. The Kier molecular flexibility index (Phi) is 4.88. The molecule has 0 saturated heterocycles. The summed E-state index contributed by atoms with van der Waals surface area (Å²) in [5.74, 6) is 0. The summed E-state index contributed by atoms with van der Waals surface area (Å²) < 4.78 is 40.2. The molecule has 0 unspecified atom stereocenters. The molecule has 0 aliphatic heterocycles. The Bertz CT molecular complexity index is 676. The lowest BCUT2D eigenvalue weighted by atomic mass is 9.81. The topological polar surface area (TPSA) is 0 Å². The van der Waals surface area contributed by atoms with Crippen LogP contribution in [0.1, 0.15) is 55.5 Å². The highest BCUT2D eigenvalue weighted by Gasteiger charge is 2.33. The Labute approximate surface area is 136 Å². The van der Waals surface area contributed by atoms with E-state index in [-0.39, 0.29) is 5.41 Å². The van der Waals surface area contributed by atoms with Crippen LogP contribution in [0.5, 0.6) is 0 Å². The first-order valence-corrected chi connectivity index (χ1v) is 7.90. The summed E-state index contributed by atoms with van der Waals surface area (Å²) >= 11 is 0. The number of rotatable bonds is 3. The van der Waals surface area contributed by atoms with E-state index in [0.717, 1.165) is 11.1 Å². The van der Waals surface area contributed by atoms with Gasteiger partial charge in [0.2, 0.25) is 0 Å². The Morgan fingerprint density at radius 3 is 2.00 bits per heavy atom. The van der Waals surface area contributed by atoms with Crippen LogP contribution >= 0.6 is 0 Å². The van der Waals surface area contributed by atoms with Crippen LogP contribution in [-0.2, 0) is 24.4 Å². The number of halogens is 3. The molecular weight excluding hydrogens is 297 g/mol. The third-order valence-corrected chi connectivity index (χ3v) is 4.09. The summed E-state index contributed by atoms with van der Waals surface area (Å²) in [4.78, 5) is 0. The maximum Gasteiger partial charge on any atom is 0.416 e. The smallest absolute Gasteiger partial charge is 0.166 e. The molecule has 0 saturated carbocycles. The van der Waals surface area contributed by atoms with Gasteiger partial charge in [0, 0.05) is 0 Å². The average molecular weight is 320 g/mol. The fourth-order valence-electron chi connectivity index (χ4n) is 2.87. The van der Waals surface area contributed by atoms with Gasteiger partial charge in [-0.05, 0) is 46.6 Å². The molecule has 0 radical (unpaired) electrons. The van der Waals surface area contributed by atoms with Crippen molar-refractivity contribution in [2.45, 2.75) is 52.1 Å². The molecule has 0 heterocycles. The Morgan fingerprint density at radius 2 is 1.43 bits per heavy atom. The van der Waals surface area contributed by atoms with E-state index in [1.165, 1.54) is 6.07 Å². The van der Waals surface area contributed by atoms with Crippen LogP contribution in [0.3, 0.4) is 0 Å². The highest BCUT2D eigenvalue weighted by Crippen LogP contribution is 2.35. The fourth-order valence-corrected chi connectivity index (χ4v) is 2.87. The largest absolute Gasteiger partial charge is 0.416 e. The molecule has 0 amide bonds. The summed E-state index contributed by atoms with van der Waals surface area (Å²) in [6, 6.07) is 12.5. The van der Waals surface area contributed by atoms with Crippen molar-refractivity contribution in [1.29, 1.82) is 0 Å². The number of hydrogen-bond acceptors (Lipinski definition) is 0. The predicted molar refractivity (Wildman–Crippen MR) is 88.8 cm³/mol. The average Bonchev–Trinajstić information content (AvgIpc) is 2.46. The van der Waals surface area contributed by atoms with Crippen molar-refractivity contribution in [3.8, 4) is 0 Å².